The molecule has 0 saturated heterocycles. The van der Waals surface area contributed by atoms with Crippen molar-refractivity contribution < 1.29 is 14.3 Å². The summed E-state index contributed by atoms with van der Waals surface area (Å²) in [6.45, 7) is 4.42. The maximum atomic E-state index is 12.3. The van der Waals surface area contributed by atoms with Gasteiger partial charge in [0.25, 0.3) is 0 Å². The lowest BCUT2D eigenvalue weighted by atomic mass is 10.00. The van der Waals surface area contributed by atoms with E-state index in [-0.39, 0.29) is 11.3 Å². The van der Waals surface area contributed by atoms with E-state index in [0.717, 1.165) is 57.1 Å². The number of rotatable bonds is 7. The number of nitrogens with zero attached hydrogens (tertiary/aromatic N) is 1. The molecule has 0 amide bonds. The lowest BCUT2D eigenvalue weighted by molar-refractivity contribution is 0.0989. The molecule has 0 aliphatic heterocycles. The molecule has 162 valence electrons. The summed E-state index contributed by atoms with van der Waals surface area (Å²) in [5, 5.41) is 2.83. The summed E-state index contributed by atoms with van der Waals surface area (Å²) in [4.78, 5) is 16.8. The first-order valence-corrected chi connectivity index (χ1v) is 11.0. The highest BCUT2D eigenvalue weighted by Crippen LogP contribution is 2.36. The lowest BCUT2D eigenvalue weighted by Gasteiger charge is -2.15. The van der Waals surface area contributed by atoms with Crippen LogP contribution in [0, 0.1) is 6.92 Å². The minimum Gasteiger partial charge on any atom is -0.491 e. The Kier molecular flexibility index (Phi) is 5.06. The van der Waals surface area contributed by atoms with Crippen LogP contribution in [-0.4, -0.2) is 22.9 Å². The first-order chi connectivity index (χ1) is 15.5. The van der Waals surface area contributed by atoms with Crippen molar-refractivity contribution in [3.63, 3.8) is 0 Å². The maximum absolute atomic E-state index is 12.3. The molecule has 1 heterocycles. The van der Waals surface area contributed by atoms with Crippen LogP contribution >= 0.6 is 0 Å². The van der Waals surface area contributed by atoms with Crippen molar-refractivity contribution in [3.05, 3.63) is 71.9 Å². The fourth-order valence-electron chi connectivity index (χ4n) is 3.91. The monoisotopic (exact) mass is 426 g/mol. The van der Waals surface area contributed by atoms with Gasteiger partial charge in [-0.15, -0.1) is 0 Å². The number of benzene rings is 3. The van der Waals surface area contributed by atoms with E-state index >= 15 is 0 Å². The Balaban J connectivity index is 1.46. The lowest BCUT2D eigenvalue weighted by Crippen LogP contribution is -2.29. The van der Waals surface area contributed by atoms with Crippen LogP contribution in [0.3, 0.4) is 0 Å². The summed E-state index contributed by atoms with van der Waals surface area (Å²) >= 11 is 0. The van der Waals surface area contributed by atoms with Crippen LogP contribution in [-0.2, 0) is 0 Å². The van der Waals surface area contributed by atoms with Crippen molar-refractivity contribution in [2.24, 2.45) is 5.73 Å². The Bertz CT molecular complexity index is 1340. The standard InChI is InChI=1S/C27H26N2O3/c1-3-24(30)21-6-4-5-18-14-19(7-8-20(18)21)32-25-9-12-29-23-15-26(17(2)13-22(23)25)31-16-27(28)10-11-27/h4-9,12-15H,3,10-11,16,28H2,1-2H3. The molecule has 1 saturated carbocycles. The number of aromatic nitrogens is 1. The zero-order chi connectivity index (χ0) is 22.3. The minimum absolute atomic E-state index is 0.139. The van der Waals surface area contributed by atoms with Gasteiger partial charge in [0, 0.05) is 29.6 Å². The second-order valence-electron chi connectivity index (χ2n) is 8.66. The molecule has 2 N–H and O–H groups in total. The topological polar surface area (TPSA) is 74.4 Å². The van der Waals surface area contributed by atoms with Crippen LogP contribution in [0.4, 0.5) is 0 Å². The van der Waals surface area contributed by atoms with E-state index in [2.05, 4.69) is 4.98 Å². The molecule has 5 heteroatoms. The van der Waals surface area contributed by atoms with Crippen molar-refractivity contribution in [1.29, 1.82) is 0 Å². The molecule has 0 spiro atoms. The fourth-order valence-corrected chi connectivity index (χ4v) is 3.91. The van der Waals surface area contributed by atoms with Gasteiger partial charge < -0.3 is 15.2 Å². The summed E-state index contributed by atoms with van der Waals surface area (Å²) in [7, 11) is 0. The Morgan fingerprint density at radius 1 is 1.06 bits per heavy atom. The number of hydrogen-bond donors (Lipinski definition) is 1. The SMILES string of the molecule is CCC(=O)c1cccc2cc(Oc3ccnc4cc(OCC5(N)CC5)c(C)cc34)ccc12. The van der Waals surface area contributed by atoms with E-state index in [0.29, 0.717) is 18.8 Å². The second-order valence-corrected chi connectivity index (χ2v) is 8.66. The Hall–Kier alpha value is -3.44. The molecule has 0 radical (unpaired) electrons. The molecule has 0 unspecified atom stereocenters. The zero-order valence-corrected chi connectivity index (χ0v) is 18.4. The zero-order valence-electron chi connectivity index (χ0n) is 18.4. The van der Waals surface area contributed by atoms with Crippen LogP contribution in [0.1, 0.15) is 42.1 Å². The number of carbonyl (C=O) groups excluding carboxylic acids is 1. The third kappa shape index (κ3) is 3.92. The van der Waals surface area contributed by atoms with Gasteiger partial charge in [-0.3, -0.25) is 9.78 Å². The van der Waals surface area contributed by atoms with Gasteiger partial charge >= 0.3 is 0 Å². The van der Waals surface area contributed by atoms with Crippen LogP contribution in [0.25, 0.3) is 21.7 Å². The number of nitrogens with two attached hydrogens (primary N) is 1. The Morgan fingerprint density at radius 2 is 1.91 bits per heavy atom. The van der Waals surface area contributed by atoms with Gasteiger partial charge in [-0.2, -0.15) is 0 Å². The molecule has 5 nitrogen and oxygen atoms in total. The van der Waals surface area contributed by atoms with Crippen molar-refractivity contribution in [1.82, 2.24) is 4.98 Å². The molecule has 1 fully saturated rings. The summed E-state index contributed by atoms with van der Waals surface area (Å²) in [6, 6.07) is 17.5. The minimum atomic E-state index is -0.169. The van der Waals surface area contributed by atoms with Gasteiger partial charge in [-0.25, -0.2) is 0 Å². The molecule has 0 bridgehead atoms. The van der Waals surface area contributed by atoms with Crippen molar-refractivity contribution in [2.75, 3.05) is 6.61 Å². The second kappa shape index (κ2) is 7.92. The molecule has 1 aliphatic carbocycles. The van der Waals surface area contributed by atoms with E-state index in [1.165, 1.54) is 0 Å². The predicted octanol–water partition coefficient (Wildman–Crippen LogP) is 5.95. The molecule has 3 aromatic carbocycles. The Labute approximate surface area is 187 Å². The number of carbonyl (C=O) groups is 1. The smallest absolute Gasteiger partial charge is 0.163 e. The number of ether oxygens (including phenoxy) is 2. The molecular formula is C27H26N2O3. The van der Waals surface area contributed by atoms with Crippen molar-refractivity contribution in [3.8, 4) is 17.2 Å². The molecule has 32 heavy (non-hydrogen) atoms. The molecular weight excluding hydrogens is 400 g/mol. The first kappa shape index (κ1) is 20.5. The third-order valence-corrected chi connectivity index (χ3v) is 6.11. The number of Topliss-reactive ketones (excluding diaryl/α,β-unsaturated/α-hetero) is 1. The van der Waals surface area contributed by atoms with E-state index < -0.39 is 0 Å². The number of ketones is 1. The highest BCUT2D eigenvalue weighted by atomic mass is 16.5. The first-order valence-electron chi connectivity index (χ1n) is 11.0. The molecule has 4 aromatic rings. The summed E-state index contributed by atoms with van der Waals surface area (Å²) < 4.78 is 12.2. The van der Waals surface area contributed by atoms with Crippen molar-refractivity contribution >= 4 is 27.5 Å². The third-order valence-electron chi connectivity index (χ3n) is 6.11. The molecule has 1 aliphatic rings. The highest BCUT2D eigenvalue weighted by molar-refractivity contribution is 6.08. The average Bonchev–Trinajstić information content (AvgIpc) is 3.54. The average molecular weight is 427 g/mol. The number of hydrogen-bond acceptors (Lipinski definition) is 5. The van der Waals surface area contributed by atoms with Gasteiger partial charge in [0.05, 0.1) is 11.1 Å². The van der Waals surface area contributed by atoms with Gasteiger partial charge in [0.1, 0.15) is 23.9 Å². The number of aryl methyl sites for hydroxylation is 1. The van der Waals surface area contributed by atoms with E-state index in [9.17, 15) is 4.79 Å². The summed E-state index contributed by atoms with van der Waals surface area (Å²) in [6.07, 6.45) is 4.24. The van der Waals surface area contributed by atoms with Crippen LogP contribution < -0.4 is 15.2 Å². The summed E-state index contributed by atoms with van der Waals surface area (Å²) in [5.74, 6) is 2.38. The van der Waals surface area contributed by atoms with Crippen LogP contribution in [0.15, 0.2) is 60.8 Å². The number of fused-ring (bicyclic) bond motifs is 2. The highest BCUT2D eigenvalue weighted by Gasteiger charge is 2.39. The van der Waals surface area contributed by atoms with Crippen LogP contribution in [0.2, 0.25) is 0 Å². The van der Waals surface area contributed by atoms with E-state index in [1.54, 1.807) is 6.20 Å². The molecule has 0 atom stereocenters. The van der Waals surface area contributed by atoms with Crippen LogP contribution in [0.5, 0.6) is 17.2 Å². The largest absolute Gasteiger partial charge is 0.491 e. The quantitative estimate of drug-likeness (QED) is 0.370. The fraction of sp³-hybridized carbons (Fsp3) is 0.259. The Morgan fingerprint density at radius 3 is 2.69 bits per heavy atom. The van der Waals surface area contributed by atoms with E-state index in [1.807, 2.05) is 68.4 Å². The molecule has 1 aromatic heterocycles. The molecule has 5 rings (SSSR count). The predicted molar refractivity (Wildman–Crippen MR) is 127 cm³/mol. The van der Waals surface area contributed by atoms with Crippen molar-refractivity contribution in [2.45, 2.75) is 38.6 Å². The normalized spacial score (nSPS) is 14.5. The number of pyridine rings is 1. The van der Waals surface area contributed by atoms with Gasteiger partial charge in [0.15, 0.2) is 5.78 Å². The van der Waals surface area contributed by atoms with Gasteiger partial charge in [-0.1, -0.05) is 25.1 Å². The van der Waals surface area contributed by atoms with Gasteiger partial charge in [-0.05, 0) is 66.4 Å². The summed E-state index contributed by atoms with van der Waals surface area (Å²) in [5.41, 5.74) is 8.56. The van der Waals surface area contributed by atoms with E-state index in [4.69, 9.17) is 15.2 Å². The van der Waals surface area contributed by atoms with Gasteiger partial charge in [0.2, 0.25) is 0 Å². The maximum Gasteiger partial charge on any atom is 0.163 e.